The summed E-state index contributed by atoms with van der Waals surface area (Å²) < 4.78 is 56.5. The minimum Gasteiger partial charge on any atom is -0.461 e. The molecule has 0 bridgehead atoms. The summed E-state index contributed by atoms with van der Waals surface area (Å²) in [6.07, 6.45) is -2.68. The summed E-state index contributed by atoms with van der Waals surface area (Å²) in [5, 5.41) is 9.31. The van der Waals surface area contributed by atoms with Crippen molar-refractivity contribution < 1.29 is 32.2 Å². The molecule has 0 aliphatic heterocycles. The van der Waals surface area contributed by atoms with Gasteiger partial charge in [0.25, 0.3) is 0 Å². The molecule has 18 heavy (non-hydrogen) atoms. The van der Waals surface area contributed by atoms with E-state index in [1.54, 1.807) is 0 Å². The molecule has 1 unspecified atom stereocenters. The average Bonchev–Trinajstić information content (AvgIpc) is 2.26. The van der Waals surface area contributed by atoms with Crippen molar-refractivity contribution in [1.82, 2.24) is 0 Å². The molecule has 0 aromatic heterocycles. The highest BCUT2D eigenvalue weighted by atomic mass is 19.3. The number of rotatable bonds is 4. The van der Waals surface area contributed by atoms with Gasteiger partial charge in [0.15, 0.2) is 6.10 Å². The molecule has 0 saturated carbocycles. The fraction of sp³-hybridized carbons (Fsp3) is 0.364. The molecule has 1 rings (SSSR count). The lowest BCUT2D eigenvalue weighted by atomic mass is 10.0. The van der Waals surface area contributed by atoms with Crippen LogP contribution < -0.4 is 0 Å². The molecular weight excluding hydrogens is 256 g/mol. The molecule has 1 aromatic carbocycles. The van der Waals surface area contributed by atoms with Gasteiger partial charge in [0.2, 0.25) is 0 Å². The lowest BCUT2D eigenvalue weighted by Crippen LogP contribution is -2.37. The normalized spacial score (nSPS) is 13.2. The lowest BCUT2D eigenvalue weighted by molar-refractivity contribution is -0.189. The van der Waals surface area contributed by atoms with Gasteiger partial charge in [-0.25, -0.2) is 13.6 Å². The molecule has 0 aliphatic rings. The molecule has 1 atom stereocenters. The Labute approximate surface area is 100.0 Å². The molecule has 0 radical (unpaired) electrons. The molecule has 1 aromatic rings. The smallest absolute Gasteiger partial charge is 0.380 e. The molecule has 3 nitrogen and oxygen atoms in total. The van der Waals surface area contributed by atoms with Crippen LogP contribution in [-0.4, -0.2) is 23.6 Å². The zero-order valence-electron chi connectivity index (χ0n) is 9.29. The summed E-state index contributed by atoms with van der Waals surface area (Å²) >= 11 is 0. The van der Waals surface area contributed by atoms with Crippen LogP contribution in [0.4, 0.5) is 17.6 Å². The molecule has 0 spiro atoms. The van der Waals surface area contributed by atoms with Gasteiger partial charge < -0.3 is 9.84 Å². The van der Waals surface area contributed by atoms with Crippen molar-refractivity contribution >= 4 is 5.97 Å². The third-order valence-corrected chi connectivity index (χ3v) is 2.09. The van der Waals surface area contributed by atoms with Crippen LogP contribution in [0, 0.1) is 11.6 Å². The van der Waals surface area contributed by atoms with E-state index in [9.17, 15) is 27.5 Å². The fourth-order valence-electron chi connectivity index (χ4n) is 1.28. The first-order valence-electron chi connectivity index (χ1n) is 4.98. The highest BCUT2D eigenvalue weighted by Gasteiger charge is 2.49. The van der Waals surface area contributed by atoms with Crippen molar-refractivity contribution in [3.05, 3.63) is 35.4 Å². The van der Waals surface area contributed by atoms with Crippen LogP contribution in [0.25, 0.3) is 0 Å². The first-order chi connectivity index (χ1) is 8.28. The predicted octanol–water partition coefficient (Wildman–Crippen LogP) is 2.20. The van der Waals surface area contributed by atoms with E-state index in [0.29, 0.717) is 18.2 Å². The number of benzene rings is 1. The number of halogens is 4. The number of hydrogen-bond acceptors (Lipinski definition) is 3. The van der Waals surface area contributed by atoms with Crippen molar-refractivity contribution in [2.75, 3.05) is 6.61 Å². The highest BCUT2D eigenvalue weighted by molar-refractivity contribution is 5.78. The summed E-state index contributed by atoms with van der Waals surface area (Å²) in [6, 6.07) is 1.49. The van der Waals surface area contributed by atoms with Crippen LogP contribution in [0.3, 0.4) is 0 Å². The number of esters is 1. The topological polar surface area (TPSA) is 46.5 Å². The Hall–Kier alpha value is -1.63. The van der Waals surface area contributed by atoms with E-state index in [0.717, 1.165) is 0 Å². The van der Waals surface area contributed by atoms with Crippen LogP contribution in [0.2, 0.25) is 0 Å². The van der Waals surface area contributed by atoms with Gasteiger partial charge in [-0.1, -0.05) is 0 Å². The predicted molar refractivity (Wildman–Crippen MR) is 52.9 cm³/mol. The molecule has 0 aliphatic carbocycles. The van der Waals surface area contributed by atoms with Crippen LogP contribution >= 0.6 is 0 Å². The van der Waals surface area contributed by atoms with E-state index in [4.69, 9.17) is 0 Å². The fourth-order valence-corrected chi connectivity index (χ4v) is 1.28. The van der Waals surface area contributed by atoms with Crippen LogP contribution in [0.1, 0.15) is 18.6 Å². The lowest BCUT2D eigenvalue weighted by Gasteiger charge is -2.20. The second kappa shape index (κ2) is 5.34. The minimum absolute atomic E-state index is 0.307. The van der Waals surface area contributed by atoms with Gasteiger partial charge in [-0.2, -0.15) is 8.78 Å². The number of aliphatic hydroxyl groups excluding tert-OH is 1. The Morgan fingerprint density at radius 1 is 1.33 bits per heavy atom. The van der Waals surface area contributed by atoms with Crippen molar-refractivity contribution in [2.24, 2.45) is 0 Å². The van der Waals surface area contributed by atoms with Gasteiger partial charge in [-0.3, -0.25) is 0 Å². The Bertz CT molecular complexity index is 428. The largest absolute Gasteiger partial charge is 0.461 e. The molecule has 0 heterocycles. The first kappa shape index (κ1) is 14.4. The zero-order chi connectivity index (χ0) is 13.9. The maximum atomic E-state index is 13.4. The zero-order valence-corrected chi connectivity index (χ0v) is 9.29. The van der Waals surface area contributed by atoms with Gasteiger partial charge in [0.1, 0.15) is 11.6 Å². The Balaban J connectivity index is 3.04. The molecule has 0 amide bonds. The van der Waals surface area contributed by atoms with Crippen LogP contribution in [0.15, 0.2) is 18.2 Å². The van der Waals surface area contributed by atoms with E-state index in [1.165, 1.54) is 6.92 Å². The van der Waals surface area contributed by atoms with Gasteiger partial charge in [-0.05, 0) is 24.6 Å². The minimum atomic E-state index is -4.28. The van der Waals surface area contributed by atoms with E-state index in [1.807, 2.05) is 0 Å². The van der Waals surface area contributed by atoms with E-state index in [2.05, 4.69) is 4.74 Å². The van der Waals surface area contributed by atoms with Gasteiger partial charge in [0, 0.05) is 6.07 Å². The van der Waals surface area contributed by atoms with E-state index < -0.39 is 35.2 Å². The van der Waals surface area contributed by atoms with E-state index in [-0.39, 0.29) is 6.61 Å². The number of hydrogen-bond donors (Lipinski definition) is 1. The number of aliphatic hydroxyl groups is 1. The molecule has 100 valence electrons. The van der Waals surface area contributed by atoms with Crippen molar-refractivity contribution in [1.29, 1.82) is 0 Å². The quantitative estimate of drug-likeness (QED) is 0.671. The maximum absolute atomic E-state index is 13.4. The molecule has 0 saturated heterocycles. The summed E-state index contributed by atoms with van der Waals surface area (Å²) in [5.41, 5.74) is -0.745. The van der Waals surface area contributed by atoms with Crippen LogP contribution in [0.5, 0.6) is 0 Å². The third-order valence-electron chi connectivity index (χ3n) is 2.09. The van der Waals surface area contributed by atoms with E-state index >= 15 is 0 Å². The maximum Gasteiger partial charge on any atom is 0.380 e. The molecule has 7 heteroatoms. The van der Waals surface area contributed by atoms with Gasteiger partial charge in [-0.15, -0.1) is 0 Å². The monoisotopic (exact) mass is 266 g/mol. The Kier molecular flexibility index (Phi) is 4.28. The Morgan fingerprint density at radius 2 is 1.83 bits per heavy atom. The average molecular weight is 266 g/mol. The second-order valence-electron chi connectivity index (χ2n) is 3.45. The molecule has 1 N–H and O–H groups in total. The van der Waals surface area contributed by atoms with Crippen molar-refractivity contribution in [3.8, 4) is 0 Å². The summed E-state index contributed by atoms with van der Waals surface area (Å²) in [5.74, 6) is -8.51. The number of carbonyl (C=O) groups excluding carboxylic acids is 1. The molecule has 0 fully saturated rings. The van der Waals surface area contributed by atoms with Crippen LogP contribution in [-0.2, 0) is 9.53 Å². The number of alkyl halides is 2. The van der Waals surface area contributed by atoms with Gasteiger partial charge >= 0.3 is 11.9 Å². The van der Waals surface area contributed by atoms with Crippen molar-refractivity contribution in [3.63, 3.8) is 0 Å². The standard InChI is InChI=1S/C11H10F4O3/c1-2-18-10(17)11(14,15)9(16)6-3-7(12)5-8(13)4-6/h3-5,9,16H,2H2,1H3. The highest BCUT2D eigenvalue weighted by Crippen LogP contribution is 2.33. The third kappa shape index (κ3) is 2.98. The second-order valence-corrected chi connectivity index (χ2v) is 3.45. The SMILES string of the molecule is CCOC(=O)C(F)(F)C(O)c1cc(F)cc(F)c1. The van der Waals surface area contributed by atoms with Gasteiger partial charge in [0.05, 0.1) is 6.61 Å². The first-order valence-corrected chi connectivity index (χ1v) is 4.98. The summed E-state index contributed by atoms with van der Waals surface area (Å²) in [6.45, 7) is 1.00. The number of ether oxygens (including phenoxy) is 1. The Morgan fingerprint density at radius 3 is 2.28 bits per heavy atom. The summed E-state index contributed by atoms with van der Waals surface area (Å²) in [4.78, 5) is 10.9. The summed E-state index contributed by atoms with van der Waals surface area (Å²) in [7, 11) is 0. The molecular formula is C11H10F4O3. The number of carbonyl (C=O) groups is 1. The van der Waals surface area contributed by atoms with Crippen molar-refractivity contribution in [2.45, 2.75) is 19.0 Å².